The standard InChI is InChI=1S/C28H28F4N2O3/c1-36-23-15-19-13-14-34(26(27(33)35)18-7-4-3-5-8-18)22(20(19)16-24(23)37-2)12-11-17-9-6-10-21(25(17)29)28(30,31)32/h3-10,15-16,22,26H,11-14H2,1-2H3,(H2,33,35). The number of methoxy groups -OCH3 is 2. The van der Waals surface area contributed by atoms with E-state index in [1.807, 2.05) is 47.4 Å². The van der Waals surface area contributed by atoms with E-state index in [0.717, 1.165) is 17.2 Å². The second-order valence-corrected chi connectivity index (χ2v) is 8.94. The van der Waals surface area contributed by atoms with Crippen LogP contribution in [0.25, 0.3) is 0 Å². The van der Waals surface area contributed by atoms with Gasteiger partial charge in [0.05, 0.1) is 19.8 Å². The summed E-state index contributed by atoms with van der Waals surface area (Å²) < 4.78 is 65.7. The van der Waals surface area contributed by atoms with E-state index in [9.17, 15) is 22.4 Å². The summed E-state index contributed by atoms with van der Waals surface area (Å²) in [6.07, 6.45) is -3.94. The Morgan fingerprint density at radius 3 is 2.35 bits per heavy atom. The number of nitrogens with zero attached hydrogens (tertiary/aromatic N) is 1. The van der Waals surface area contributed by atoms with Gasteiger partial charge in [0.1, 0.15) is 11.9 Å². The number of hydrogen-bond acceptors (Lipinski definition) is 4. The molecule has 1 amide bonds. The van der Waals surface area contributed by atoms with Gasteiger partial charge in [-0.1, -0.05) is 42.5 Å². The van der Waals surface area contributed by atoms with Crippen molar-refractivity contribution in [2.45, 2.75) is 37.5 Å². The van der Waals surface area contributed by atoms with E-state index >= 15 is 0 Å². The predicted molar refractivity (Wildman–Crippen MR) is 131 cm³/mol. The predicted octanol–water partition coefficient (Wildman–Crippen LogP) is 5.62. The molecule has 0 saturated carbocycles. The third-order valence-electron chi connectivity index (χ3n) is 6.83. The fourth-order valence-electron chi connectivity index (χ4n) is 5.12. The number of carbonyl (C=O) groups is 1. The molecule has 0 fully saturated rings. The molecule has 196 valence electrons. The first-order chi connectivity index (χ1) is 17.7. The van der Waals surface area contributed by atoms with Crippen molar-refractivity contribution in [2.24, 2.45) is 5.73 Å². The number of nitrogens with two attached hydrogens (primary N) is 1. The van der Waals surface area contributed by atoms with Crippen LogP contribution in [-0.2, 0) is 23.8 Å². The lowest BCUT2D eigenvalue weighted by atomic mass is 9.86. The summed E-state index contributed by atoms with van der Waals surface area (Å²) in [5, 5.41) is 0. The number of halogens is 4. The number of hydrogen-bond donors (Lipinski definition) is 1. The van der Waals surface area contributed by atoms with Gasteiger partial charge in [0.2, 0.25) is 5.91 Å². The van der Waals surface area contributed by atoms with E-state index in [4.69, 9.17) is 15.2 Å². The second kappa shape index (κ2) is 10.8. The van der Waals surface area contributed by atoms with Gasteiger partial charge in [0, 0.05) is 12.6 Å². The van der Waals surface area contributed by atoms with Crippen LogP contribution in [0.15, 0.2) is 60.7 Å². The Balaban J connectivity index is 1.77. The van der Waals surface area contributed by atoms with Gasteiger partial charge >= 0.3 is 6.18 Å². The molecule has 0 aromatic heterocycles. The summed E-state index contributed by atoms with van der Waals surface area (Å²) in [5.74, 6) is -0.801. The lowest BCUT2D eigenvalue weighted by Crippen LogP contribution is -2.44. The van der Waals surface area contributed by atoms with Gasteiger partial charge in [-0.15, -0.1) is 0 Å². The average molecular weight is 517 g/mol. The van der Waals surface area contributed by atoms with Crippen molar-refractivity contribution < 1.29 is 31.8 Å². The van der Waals surface area contributed by atoms with Crippen LogP contribution in [-0.4, -0.2) is 31.6 Å². The molecule has 1 aliphatic heterocycles. The van der Waals surface area contributed by atoms with E-state index in [1.54, 1.807) is 0 Å². The summed E-state index contributed by atoms with van der Waals surface area (Å²) in [7, 11) is 3.04. The Kier molecular flexibility index (Phi) is 7.73. The molecule has 0 spiro atoms. The maximum absolute atomic E-state index is 14.8. The first-order valence-corrected chi connectivity index (χ1v) is 11.8. The number of aryl methyl sites for hydroxylation is 1. The quantitative estimate of drug-likeness (QED) is 0.395. The summed E-state index contributed by atoms with van der Waals surface area (Å²) >= 11 is 0. The third kappa shape index (κ3) is 5.41. The van der Waals surface area contributed by atoms with Gasteiger partial charge in [-0.3, -0.25) is 9.69 Å². The lowest BCUT2D eigenvalue weighted by molar-refractivity contribution is -0.140. The van der Waals surface area contributed by atoms with Crippen LogP contribution in [0.1, 0.15) is 46.3 Å². The molecule has 0 aliphatic carbocycles. The maximum Gasteiger partial charge on any atom is 0.419 e. The van der Waals surface area contributed by atoms with Crippen LogP contribution in [0.3, 0.4) is 0 Å². The zero-order valence-corrected chi connectivity index (χ0v) is 20.5. The number of ether oxygens (including phenoxy) is 2. The molecule has 9 heteroatoms. The Morgan fingerprint density at radius 1 is 1.05 bits per heavy atom. The molecular formula is C28H28F4N2O3. The highest BCUT2D eigenvalue weighted by Crippen LogP contribution is 2.43. The lowest BCUT2D eigenvalue weighted by Gasteiger charge is -2.41. The highest BCUT2D eigenvalue weighted by Gasteiger charge is 2.38. The van der Waals surface area contributed by atoms with Crippen molar-refractivity contribution in [1.82, 2.24) is 4.90 Å². The topological polar surface area (TPSA) is 64.8 Å². The molecule has 0 bridgehead atoms. The normalized spacial score (nSPS) is 16.6. The minimum atomic E-state index is -4.79. The summed E-state index contributed by atoms with van der Waals surface area (Å²) in [6, 6.07) is 14.8. The second-order valence-electron chi connectivity index (χ2n) is 8.94. The van der Waals surface area contributed by atoms with Crippen molar-refractivity contribution >= 4 is 5.91 Å². The van der Waals surface area contributed by atoms with Crippen LogP contribution >= 0.6 is 0 Å². The molecule has 5 nitrogen and oxygen atoms in total. The highest BCUT2D eigenvalue weighted by atomic mass is 19.4. The van der Waals surface area contributed by atoms with Gasteiger partial charge in [0.15, 0.2) is 11.5 Å². The monoisotopic (exact) mass is 516 g/mol. The van der Waals surface area contributed by atoms with Crippen LogP contribution in [0.5, 0.6) is 11.5 Å². The Morgan fingerprint density at radius 2 is 1.73 bits per heavy atom. The molecule has 3 aromatic carbocycles. The molecule has 0 saturated heterocycles. The first kappa shape index (κ1) is 26.5. The fourth-order valence-corrected chi connectivity index (χ4v) is 5.12. The largest absolute Gasteiger partial charge is 0.493 e. The van der Waals surface area contributed by atoms with E-state index in [0.29, 0.717) is 30.0 Å². The Hall–Kier alpha value is -3.59. The van der Waals surface area contributed by atoms with Crippen LogP contribution in [0.2, 0.25) is 0 Å². The molecule has 3 aromatic rings. The van der Waals surface area contributed by atoms with Gasteiger partial charge in [-0.2, -0.15) is 13.2 Å². The van der Waals surface area contributed by atoms with E-state index in [2.05, 4.69) is 0 Å². The third-order valence-corrected chi connectivity index (χ3v) is 6.83. The number of fused-ring (bicyclic) bond motifs is 1. The number of benzene rings is 3. The number of carbonyl (C=O) groups excluding carboxylic acids is 1. The molecule has 37 heavy (non-hydrogen) atoms. The zero-order valence-electron chi connectivity index (χ0n) is 20.5. The molecular weight excluding hydrogens is 488 g/mol. The molecule has 0 radical (unpaired) electrons. The molecule has 1 aliphatic rings. The van der Waals surface area contributed by atoms with Crippen LogP contribution in [0, 0.1) is 5.82 Å². The van der Waals surface area contributed by atoms with E-state index < -0.39 is 35.5 Å². The SMILES string of the molecule is COc1cc2c(cc1OC)C(CCc1cccc(C(F)(F)F)c1F)N(C(C(N)=O)c1ccccc1)CC2. The van der Waals surface area contributed by atoms with Crippen molar-refractivity contribution in [3.8, 4) is 11.5 Å². The Labute approximate surface area is 212 Å². The van der Waals surface area contributed by atoms with Gasteiger partial charge in [0.25, 0.3) is 0 Å². The van der Waals surface area contributed by atoms with Gasteiger partial charge in [-0.25, -0.2) is 4.39 Å². The molecule has 4 rings (SSSR count). The number of alkyl halides is 3. The maximum atomic E-state index is 14.8. The van der Waals surface area contributed by atoms with Gasteiger partial charge < -0.3 is 15.2 Å². The number of rotatable bonds is 8. The van der Waals surface area contributed by atoms with Gasteiger partial charge in [-0.05, 0) is 59.7 Å². The number of primary amides is 1. The van der Waals surface area contributed by atoms with Crippen molar-refractivity contribution in [3.63, 3.8) is 0 Å². The summed E-state index contributed by atoms with van der Waals surface area (Å²) in [6.45, 7) is 0.459. The first-order valence-electron chi connectivity index (χ1n) is 11.8. The smallest absolute Gasteiger partial charge is 0.419 e. The average Bonchev–Trinajstić information content (AvgIpc) is 2.87. The van der Waals surface area contributed by atoms with Crippen molar-refractivity contribution in [1.29, 1.82) is 0 Å². The molecule has 2 N–H and O–H groups in total. The van der Waals surface area contributed by atoms with Crippen molar-refractivity contribution in [3.05, 3.63) is 94.3 Å². The summed E-state index contributed by atoms with van der Waals surface area (Å²) in [4.78, 5) is 14.7. The highest BCUT2D eigenvalue weighted by molar-refractivity contribution is 5.81. The van der Waals surface area contributed by atoms with E-state index in [-0.39, 0.29) is 18.4 Å². The Bertz CT molecular complexity index is 1260. The minimum Gasteiger partial charge on any atom is -0.493 e. The van der Waals surface area contributed by atoms with Crippen LogP contribution < -0.4 is 15.2 Å². The molecule has 2 unspecified atom stereocenters. The minimum absolute atomic E-state index is 0.0188. The van der Waals surface area contributed by atoms with Crippen LogP contribution in [0.4, 0.5) is 17.6 Å². The fraction of sp³-hybridized carbons (Fsp3) is 0.321. The number of amides is 1. The molecule has 2 atom stereocenters. The zero-order chi connectivity index (χ0) is 26.7. The van der Waals surface area contributed by atoms with Crippen molar-refractivity contribution in [2.75, 3.05) is 20.8 Å². The summed E-state index contributed by atoms with van der Waals surface area (Å²) in [5.41, 5.74) is 7.03. The van der Waals surface area contributed by atoms with E-state index in [1.165, 1.54) is 26.4 Å². The molecule has 1 heterocycles.